The van der Waals surface area contributed by atoms with Crippen molar-refractivity contribution in [3.8, 4) is 5.69 Å². The van der Waals surface area contributed by atoms with Crippen molar-refractivity contribution in [1.29, 1.82) is 0 Å². The van der Waals surface area contributed by atoms with E-state index in [9.17, 15) is 27.5 Å². The fraction of sp³-hybridized carbons (Fsp3) is 0.286. The number of hydrogen-bond donors (Lipinski definition) is 1. The van der Waals surface area contributed by atoms with E-state index in [0.717, 1.165) is 6.20 Å². The van der Waals surface area contributed by atoms with Crippen LogP contribution in [0.15, 0.2) is 30.5 Å². The average Bonchev–Trinajstić information content (AvgIpc) is 2.89. The summed E-state index contributed by atoms with van der Waals surface area (Å²) in [6, 6.07) is 3.13. The van der Waals surface area contributed by atoms with Crippen LogP contribution in [0.1, 0.15) is 12.1 Å². The van der Waals surface area contributed by atoms with E-state index in [1.54, 1.807) is 0 Å². The molecule has 0 bridgehead atoms. The Morgan fingerprint density at radius 2 is 1.91 bits per heavy atom. The molecular formula is C14H11F4N3O2. The number of amides is 1. The van der Waals surface area contributed by atoms with Crippen molar-refractivity contribution >= 4 is 11.8 Å². The van der Waals surface area contributed by atoms with Gasteiger partial charge >= 0.3 is 12.3 Å². The summed E-state index contributed by atoms with van der Waals surface area (Å²) in [6.07, 6.45) is -5.64. The summed E-state index contributed by atoms with van der Waals surface area (Å²) in [7, 11) is 0. The average molecular weight is 329 g/mol. The maximum atomic E-state index is 13.0. The van der Waals surface area contributed by atoms with Gasteiger partial charge in [-0.15, -0.1) is 0 Å². The predicted octanol–water partition coefficient (Wildman–Crippen LogP) is 3.37. The molecule has 122 valence electrons. The van der Waals surface area contributed by atoms with E-state index in [1.165, 1.54) is 28.9 Å². The lowest BCUT2D eigenvalue weighted by Crippen LogP contribution is -2.51. The molecule has 1 aromatic carbocycles. The molecule has 0 aliphatic carbocycles. The fourth-order valence-electron chi connectivity index (χ4n) is 2.72. The van der Waals surface area contributed by atoms with Gasteiger partial charge in [0.05, 0.1) is 23.3 Å². The lowest BCUT2D eigenvalue weighted by atomic mass is 10.0. The van der Waals surface area contributed by atoms with Gasteiger partial charge in [0.2, 0.25) is 0 Å². The molecule has 0 fully saturated rings. The molecular weight excluding hydrogens is 318 g/mol. The summed E-state index contributed by atoms with van der Waals surface area (Å²) < 4.78 is 53.4. The van der Waals surface area contributed by atoms with E-state index in [-0.39, 0.29) is 12.1 Å². The lowest BCUT2D eigenvalue weighted by molar-refractivity contribution is -0.149. The first-order valence-corrected chi connectivity index (χ1v) is 6.71. The summed E-state index contributed by atoms with van der Waals surface area (Å²) in [5.41, 5.74) is 0.693. The minimum Gasteiger partial charge on any atom is -0.465 e. The minimum absolute atomic E-state index is 0.0146. The number of alkyl halides is 3. The summed E-state index contributed by atoms with van der Waals surface area (Å²) >= 11 is 0. The molecule has 1 atom stereocenters. The summed E-state index contributed by atoms with van der Waals surface area (Å²) in [5.74, 6) is -0.459. The number of carbonyl (C=O) groups is 1. The number of rotatable bonds is 1. The number of benzene rings is 1. The third-order valence-electron chi connectivity index (χ3n) is 3.73. The SMILES string of the molecule is O=C(O)N1c2cnn(-c3ccc(F)cc3)c2CCC1C(F)(F)F. The van der Waals surface area contributed by atoms with Gasteiger partial charge in [-0.25, -0.2) is 13.9 Å². The van der Waals surface area contributed by atoms with E-state index < -0.39 is 30.5 Å². The summed E-state index contributed by atoms with van der Waals surface area (Å²) in [4.78, 5) is 11.6. The molecule has 2 heterocycles. The van der Waals surface area contributed by atoms with Gasteiger partial charge in [0, 0.05) is 0 Å². The second-order valence-corrected chi connectivity index (χ2v) is 5.11. The molecule has 9 heteroatoms. The third kappa shape index (κ3) is 2.62. The molecule has 0 saturated carbocycles. The van der Waals surface area contributed by atoms with Crippen LogP contribution in [0.25, 0.3) is 5.69 Å². The Morgan fingerprint density at radius 1 is 1.26 bits per heavy atom. The fourth-order valence-corrected chi connectivity index (χ4v) is 2.72. The monoisotopic (exact) mass is 329 g/mol. The molecule has 2 aromatic rings. The second kappa shape index (κ2) is 5.25. The van der Waals surface area contributed by atoms with Gasteiger partial charge in [-0.1, -0.05) is 0 Å². The van der Waals surface area contributed by atoms with Crippen LogP contribution < -0.4 is 4.90 Å². The van der Waals surface area contributed by atoms with Crippen molar-refractivity contribution < 1.29 is 27.5 Å². The molecule has 0 saturated heterocycles. The number of fused-ring (bicyclic) bond motifs is 1. The largest absolute Gasteiger partial charge is 0.465 e. The first-order valence-electron chi connectivity index (χ1n) is 6.71. The van der Waals surface area contributed by atoms with Crippen molar-refractivity contribution in [1.82, 2.24) is 9.78 Å². The zero-order valence-electron chi connectivity index (χ0n) is 11.6. The Balaban J connectivity index is 2.06. The molecule has 3 rings (SSSR count). The molecule has 0 radical (unpaired) electrons. The highest BCUT2D eigenvalue weighted by Crippen LogP contribution is 2.38. The van der Waals surface area contributed by atoms with Crippen LogP contribution in [0.4, 0.5) is 28.0 Å². The number of nitrogens with zero attached hydrogens (tertiary/aromatic N) is 3. The van der Waals surface area contributed by atoms with E-state index in [2.05, 4.69) is 5.10 Å². The van der Waals surface area contributed by atoms with Crippen LogP contribution in [-0.4, -0.2) is 33.2 Å². The van der Waals surface area contributed by atoms with Crippen LogP contribution in [0, 0.1) is 5.82 Å². The first-order chi connectivity index (χ1) is 10.8. The van der Waals surface area contributed by atoms with Gasteiger partial charge in [-0.3, -0.25) is 4.90 Å². The highest BCUT2D eigenvalue weighted by atomic mass is 19.4. The van der Waals surface area contributed by atoms with Gasteiger partial charge in [-0.2, -0.15) is 18.3 Å². The normalized spacial score (nSPS) is 17.9. The van der Waals surface area contributed by atoms with E-state index >= 15 is 0 Å². The van der Waals surface area contributed by atoms with E-state index in [1.807, 2.05) is 0 Å². The standard InChI is InChI=1S/C14H11F4N3O2/c15-8-1-3-9(4-2-8)21-10-5-6-12(14(16,17)18)20(13(22)23)11(10)7-19-21/h1-4,7,12H,5-6H2,(H,22,23). The van der Waals surface area contributed by atoms with E-state index in [4.69, 9.17) is 0 Å². The molecule has 1 N–H and O–H groups in total. The molecule has 1 aliphatic rings. The Hall–Kier alpha value is -2.58. The molecule has 1 unspecified atom stereocenters. The maximum absolute atomic E-state index is 13.0. The smallest absolute Gasteiger partial charge is 0.412 e. The molecule has 1 aliphatic heterocycles. The zero-order valence-corrected chi connectivity index (χ0v) is 11.6. The van der Waals surface area contributed by atoms with Crippen molar-refractivity contribution in [3.05, 3.63) is 42.0 Å². The Labute approximate surface area is 127 Å². The summed E-state index contributed by atoms with van der Waals surface area (Å²) in [5, 5.41) is 13.1. The van der Waals surface area contributed by atoms with Crippen molar-refractivity contribution in [2.45, 2.75) is 25.1 Å². The number of aromatic nitrogens is 2. The van der Waals surface area contributed by atoms with Crippen LogP contribution >= 0.6 is 0 Å². The quantitative estimate of drug-likeness (QED) is 0.816. The van der Waals surface area contributed by atoms with Crippen LogP contribution in [-0.2, 0) is 6.42 Å². The molecule has 1 amide bonds. The number of hydrogen-bond acceptors (Lipinski definition) is 2. The predicted molar refractivity (Wildman–Crippen MR) is 72.2 cm³/mol. The van der Waals surface area contributed by atoms with Gasteiger partial charge in [0.15, 0.2) is 0 Å². The molecule has 23 heavy (non-hydrogen) atoms. The van der Waals surface area contributed by atoms with Gasteiger partial charge in [0.25, 0.3) is 0 Å². The van der Waals surface area contributed by atoms with Crippen molar-refractivity contribution in [2.75, 3.05) is 4.90 Å². The maximum Gasteiger partial charge on any atom is 0.412 e. The minimum atomic E-state index is -4.66. The van der Waals surface area contributed by atoms with Gasteiger partial charge in [0.1, 0.15) is 11.9 Å². The summed E-state index contributed by atoms with van der Waals surface area (Å²) in [6.45, 7) is 0. The lowest BCUT2D eigenvalue weighted by Gasteiger charge is -2.34. The van der Waals surface area contributed by atoms with Gasteiger partial charge in [-0.05, 0) is 37.1 Å². The third-order valence-corrected chi connectivity index (χ3v) is 3.73. The first kappa shape index (κ1) is 15.3. The molecule has 0 spiro atoms. The number of halogens is 4. The Morgan fingerprint density at radius 3 is 2.48 bits per heavy atom. The van der Waals surface area contributed by atoms with Crippen molar-refractivity contribution in [3.63, 3.8) is 0 Å². The topological polar surface area (TPSA) is 58.4 Å². The molecule has 1 aromatic heterocycles. The zero-order chi connectivity index (χ0) is 16.8. The highest BCUT2D eigenvalue weighted by molar-refractivity contribution is 5.88. The number of carboxylic acid groups (broad SMARTS) is 1. The van der Waals surface area contributed by atoms with Crippen molar-refractivity contribution in [2.24, 2.45) is 0 Å². The second-order valence-electron chi connectivity index (χ2n) is 5.11. The van der Waals surface area contributed by atoms with Crippen LogP contribution in [0.2, 0.25) is 0 Å². The van der Waals surface area contributed by atoms with Crippen LogP contribution in [0.3, 0.4) is 0 Å². The van der Waals surface area contributed by atoms with E-state index in [0.29, 0.717) is 16.3 Å². The molecule has 5 nitrogen and oxygen atoms in total. The highest BCUT2D eigenvalue weighted by Gasteiger charge is 2.49. The Bertz CT molecular complexity index is 739. The van der Waals surface area contributed by atoms with Gasteiger partial charge < -0.3 is 5.11 Å². The Kier molecular flexibility index (Phi) is 3.50. The number of anilines is 1. The van der Waals surface area contributed by atoms with Crippen LogP contribution in [0.5, 0.6) is 0 Å².